The zero-order valence-electron chi connectivity index (χ0n) is 8.42. The van der Waals surface area contributed by atoms with Crippen molar-refractivity contribution in [3.8, 4) is 0 Å². The van der Waals surface area contributed by atoms with Crippen molar-refractivity contribution in [2.45, 2.75) is 39.0 Å². The fourth-order valence-electron chi connectivity index (χ4n) is 1.22. The van der Waals surface area contributed by atoms with Gasteiger partial charge in [0.05, 0.1) is 13.2 Å². The van der Waals surface area contributed by atoms with Gasteiger partial charge in [0.1, 0.15) is 0 Å². The maximum absolute atomic E-state index is 5.36. The van der Waals surface area contributed by atoms with Crippen molar-refractivity contribution in [2.24, 2.45) is 4.99 Å². The molecule has 0 aromatic rings. The van der Waals surface area contributed by atoms with Crippen LogP contribution >= 0.6 is 0 Å². The normalized spacial score (nSPS) is 16.2. The molecule has 13 heavy (non-hydrogen) atoms. The Bertz CT molecular complexity index is 157. The van der Waals surface area contributed by atoms with E-state index >= 15 is 0 Å². The minimum atomic E-state index is 0.503. The standard InChI is InChI=1S/C10H19NO2/c1-2-3-4-5-8-12-10-11-7-6-9-13-10/h2-9H2,1H3. The van der Waals surface area contributed by atoms with E-state index in [2.05, 4.69) is 11.9 Å². The lowest BCUT2D eigenvalue weighted by molar-refractivity contribution is 0.149. The summed E-state index contributed by atoms with van der Waals surface area (Å²) in [6, 6.07) is 0. The molecule has 3 nitrogen and oxygen atoms in total. The van der Waals surface area contributed by atoms with Gasteiger partial charge in [-0.25, -0.2) is 4.99 Å². The van der Waals surface area contributed by atoms with Crippen molar-refractivity contribution in [1.29, 1.82) is 0 Å². The van der Waals surface area contributed by atoms with E-state index in [0.29, 0.717) is 6.08 Å². The van der Waals surface area contributed by atoms with E-state index in [1.807, 2.05) is 0 Å². The average Bonchev–Trinajstić information content (AvgIpc) is 2.19. The second-order valence-electron chi connectivity index (χ2n) is 3.26. The van der Waals surface area contributed by atoms with E-state index in [0.717, 1.165) is 32.6 Å². The molecule has 0 N–H and O–H groups in total. The van der Waals surface area contributed by atoms with Gasteiger partial charge < -0.3 is 9.47 Å². The number of hydrogen-bond acceptors (Lipinski definition) is 3. The first-order chi connectivity index (χ1) is 6.43. The minimum Gasteiger partial charge on any atom is -0.451 e. The highest BCUT2D eigenvalue weighted by molar-refractivity contribution is 5.67. The highest BCUT2D eigenvalue weighted by atomic mass is 16.7. The van der Waals surface area contributed by atoms with Crippen LogP contribution in [0.2, 0.25) is 0 Å². The van der Waals surface area contributed by atoms with Crippen molar-refractivity contribution in [3.63, 3.8) is 0 Å². The Kier molecular flexibility index (Phi) is 5.38. The summed E-state index contributed by atoms with van der Waals surface area (Å²) in [4.78, 5) is 4.12. The van der Waals surface area contributed by atoms with Crippen molar-refractivity contribution in [1.82, 2.24) is 0 Å². The van der Waals surface area contributed by atoms with Crippen LogP contribution in [0.1, 0.15) is 39.0 Å². The number of nitrogens with zero attached hydrogens (tertiary/aromatic N) is 1. The highest BCUT2D eigenvalue weighted by Crippen LogP contribution is 2.02. The van der Waals surface area contributed by atoms with E-state index in [9.17, 15) is 0 Å². The van der Waals surface area contributed by atoms with Crippen LogP contribution in [-0.4, -0.2) is 25.8 Å². The van der Waals surface area contributed by atoms with Gasteiger partial charge in [0.25, 0.3) is 0 Å². The number of hydrogen-bond donors (Lipinski definition) is 0. The van der Waals surface area contributed by atoms with Gasteiger partial charge in [-0.2, -0.15) is 0 Å². The summed E-state index contributed by atoms with van der Waals surface area (Å²) in [5.74, 6) is 0. The summed E-state index contributed by atoms with van der Waals surface area (Å²) in [7, 11) is 0. The van der Waals surface area contributed by atoms with Crippen LogP contribution < -0.4 is 0 Å². The molecule has 0 fully saturated rings. The maximum Gasteiger partial charge on any atom is 0.383 e. The highest BCUT2D eigenvalue weighted by Gasteiger charge is 2.05. The molecular formula is C10H19NO2. The predicted octanol–water partition coefficient (Wildman–Crippen LogP) is 2.36. The fraction of sp³-hybridized carbons (Fsp3) is 0.900. The summed E-state index contributed by atoms with van der Waals surface area (Å²) < 4.78 is 10.6. The predicted molar refractivity (Wildman–Crippen MR) is 53.0 cm³/mol. The monoisotopic (exact) mass is 185 g/mol. The van der Waals surface area contributed by atoms with Crippen molar-refractivity contribution in [2.75, 3.05) is 19.8 Å². The minimum absolute atomic E-state index is 0.503. The van der Waals surface area contributed by atoms with Gasteiger partial charge in [-0.3, -0.25) is 0 Å². The second-order valence-corrected chi connectivity index (χ2v) is 3.26. The second kappa shape index (κ2) is 6.75. The van der Waals surface area contributed by atoms with Crippen LogP contribution in [0, 0.1) is 0 Å². The first kappa shape index (κ1) is 10.4. The smallest absolute Gasteiger partial charge is 0.383 e. The first-order valence-corrected chi connectivity index (χ1v) is 5.23. The van der Waals surface area contributed by atoms with Crippen molar-refractivity contribution in [3.05, 3.63) is 0 Å². The molecule has 0 radical (unpaired) electrons. The molecule has 1 rings (SSSR count). The maximum atomic E-state index is 5.36. The van der Waals surface area contributed by atoms with Crippen LogP contribution in [-0.2, 0) is 9.47 Å². The molecule has 0 bridgehead atoms. The lowest BCUT2D eigenvalue weighted by Crippen LogP contribution is -2.17. The van der Waals surface area contributed by atoms with Gasteiger partial charge >= 0.3 is 6.08 Å². The number of rotatable bonds is 5. The third-order valence-electron chi connectivity index (χ3n) is 1.99. The molecule has 0 atom stereocenters. The van der Waals surface area contributed by atoms with Crippen molar-refractivity contribution < 1.29 is 9.47 Å². The van der Waals surface area contributed by atoms with Crippen LogP contribution in [0.15, 0.2) is 4.99 Å². The Morgan fingerprint density at radius 3 is 3.00 bits per heavy atom. The zero-order valence-corrected chi connectivity index (χ0v) is 8.42. The zero-order chi connectivity index (χ0) is 9.36. The Hall–Kier alpha value is -0.730. The lowest BCUT2D eigenvalue weighted by Gasteiger charge is -2.13. The molecule has 3 heteroatoms. The fourth-order valence-corrected chi connectivity index (χ4v) is 1.22. The molecular weight excluding hydrogens is 166 g/mol. The summed E-state index contributed by atoms with van der Waals surface area (Å²) >= 11 is 0. The molecule has 0 aliphatic carbocycles. The summed E-state index contributed by atoms with van der Waals surface area (Å²) in [5, 5.41) is 0. The van der Waals surface area contributed by atoms with Crippen molar-refractivity contribution >= 4 is 6.08 Å². The molecule has 0 aromatic heterocycles. The van der Waals surface area contributed by atoms with Gasteiger partial charge in [0, 0.05) is 13.0 Å². The number of aliphatic imine (C=N–C) groups is 1. The van der Waals surface area contributed by atoms with Crippen LogP contribution in [0.3, 0.4) is 0 Å². The molecule has 0 aromatic carbocycles. The summed E-state index contributed by atoms with van der Waals surface area (Å²) in [5.41, 5.74) is 0. The average molecular weight is 185 g/mol. The lowest BCUT2D eigenvalue weighted by atomic mass is 10.2. The van der Waals surface area contributed by atoms with E-state index in [4.69, 9.17) is 9.47 Å². The van der Waals surface area contributed by atoms with Gasteiger partial charge in [0.2, 0.25) is 0 Å². The van der Waals surface area contributed by atoms with E-state index in [1.165, 1.54) is 19.3 Å². The molecule has 0 spiro atoms. The van der Waals surface area contributed by atoms with E-state index in [1.54, 1.807) is 0 Å². The van der Waals surface area contributed by atoms with Crippen LogP contribution in [0.5, 0.6) is 0 Å². The summed E-state index contributed by atoms with van der Waals surface area (Å²) in [6.45, 7) is 4.56. The van der Waals surface area contributed by atoms with Crippen LogP contribution in [0.25, 0.3) is 0 Å². The molecule has 0 saturated heterocycles. The Morgan fingerprint density at radius 2 is 2.31 bits per heavy atom. The molecule has 1 aliphatic heterocycles. The van der Waals surface area contributed by atoms with Gasteiger partial charge in [-0.15, -0.1) is 0 Å². The number of ether oxygens (including phenoxy) is 2. The van der Waals surface area contributed by atoms with Gasteiger partial charge in [-0.1, -0.05) is 26.2 Å². The third kappa shape index (κ3) is 4.76. The van der Waals surface area contributed by atoms with E-state index < -0.39 is 0 Å². The van der Waals surface area contributed by atoms with Gasteiger partial charge in [-0.05, 0) is 6.42 Å². The first-order valence-electron chi connectivity index (χ1n) is 5.23. The molecule has 0 saturated carbocycles. The summed E-state index contributed by atoms with van der Waals surface area (Å²) in [6.07, 6.45) is 6.42. The Balaban J connectivity index is 1.95. The topological polar surface area (TPSA) is 30.8 Å². The van der Waals surface area contributed by atoms with E-state index in [-0.39, 0.29) is 0 Å². The molecule has 1 heterocycles. The van der Waals surface area contributed by atoms with Crippen LogP contribution in [0.4, 0.5) is 0 Å². The molecule has 76 valence electrons. The SMILES string of the molecule is CCCCCCOC1=NCCCO1. The number of unbranched alkanes of at least 4 members (excludes halogenated alkanes) is 3. The molecule has 0 unspecified atom stereocenters. The van der Waals surface area contributed by atoms with Gasteiger partial charge in [0.15, 0.2) is 0 Å². The largest absolute Gasteiger partial charge is 0.451 e. The quantitative estimate of drug-likeness (QED) is 0.616. The Labute approximate surface area is 80.1 Å². The Morgan fingerprint density at radius 1 is 1.38 bits per heavy atom. The third-order valence-corrected chi connectivity index (χ3v) is 1.99. The molecule has 0 amide bonds. The molecule has 1 aliphatic rings.